The van der Waals surface area contributed by atoms with E-state index in [0.717, 1.165) is 23.4 Å². The Balaban J connectivity index is 1.83. The van der Waals surface area contributed by atoms with E-state index in [1.54, 1.807) is 6.07 Å². The highest BCUT2D eigenvalue weighted by Crippen LogP contribution is 2.27. The Morgan fingerprint density at radius 2 is 2.00 bits per heavy atom. The number of hydrogen-bond donors (Lipinski definition) is 1. The molecule has 0 atom stereocenters. The summed E-state index contributed by atoms with van der Waals surface area (Å²) in [6.07, 6.45) is 9.54. The first-order chi connectivity index (χ1) is 15.9. The van der Waals surface area contributed by atoms with Gasteiger partial charge in [-0.25, -0.2) is 4.98 Å². The molecule has 1 aromatic carbocycles. The third-order valence-electron chi connectivity index (χ3n) is 5.74. The van der Waals surface area contributed by atoms with Crippen molar-refractivity contribution in [3.8, 4) is 5.88 Å². The lowest BCUT2D eigenvalue weighted by Crippen LogP contribution is -2.17. The van der Waals surface area contributed by atoms with E-state index < -0.39 is 0 Å². The molecule has 0 bridgehead atoms. The van der Waals surface area contributed by atoms with Gasteiger partial charge < -0.3 is 14.6 Å². The molecule has 5 heteroatoms. The normalized spacial score (nSPS) is 13.5. The van der Waals surface area contributed by atoms with Crippen LogP contribution in [0.5, 0.6) is 5.88 Å². The minimum absolute atomic E-state index is 0.0909. The SMILES string of the molecule is CCOc1nc(C)cc2c1c(=O)cc(NCc1cccc(C)c1)n2CC1=CCC(C)=CC=C1. The number of nitrogens with zero attached hydrogens (tertiary/aromatic N) is 2. The second-order valence-corrected chi connectivity index (χ2v) is 8.57. The lowest BCUT2D eigenvalue weighted by Gasteiger charge is -2.20. The van der Waals surface area contributed by atoms with Crippen LogP contribution in [0.3, 0.4) is 0 Å². The van der Waals surface area contributed by atoms with Crippen molar-refractivity contribution >= 4 is 16.7 Å². The van der Waals surface area contributed by atoms with Crippen LogP contribution in [0, 0.1) is 13.8 Å². The molecule has 1 N–H and O–H groups in total. The summed E-state index contributed by atoms with van der Waals surface area (Å²) in [5, 5.41) is 4.04. The molecular formula is C28H31N3O2. The first kappa shape index (κ1) is 22.6. The van der Waals surface area contributed by atoms with Crippen molar-refractivity contribution in [2.75, 3.05) is 11.9 Å². The van der Waals surface area contributed by atoms with Gasteiger partial charge in [0.05, 0.1) is 12.1 Å². The number of fused-ring (bicyclic) bond motifs is 1. The number of rotatable bonds is 7. The van der Waals surface area contributed by atoms with Crippen LogP contribution in [0.4, 0.5) is 5.82 Å². The molecule has 2 aromatic heterocycles. The maximum absolute atomic E-state index is 13.2. The highest BCUT2D eigenvalue weighted by atomic mass is 16.5. The van der Waals surface area contributed by atoms with Crippen molar-refractivity contribution in [3.05, 3.63) is 98.9 Å². The van der Waals surface area contributed by atoms with Gasteiger partial charge in [0.2, 0.25) is 5.88 Å². The number of allylic oxidation sites excluding steroid dienone is 6. The lowest BCUT2D eigenvalue weighted by atomic mass is 10.1. The predicted octanol–water partition coefficient (Wildman–Crippen LogP) is 5.86. The Morgan fingerprint density at radius 1 is 1.15 bits per heavy atom. The Hall–Kier alpha value is -3.60. The molecule has 0 spiro atoms. The number of nitrogens with one attached hydrogen (secondary N) is 1. The van der Waals surface area contributed by atoms with Gasteiger partial charge in [0.15, 0.2) is 5.43 Å². The third-order valence-corrected chi connectivity index (χ3v) is 5.74. The van der Waals surface area contributed by atoms with Gasteiger partial charge in [-0.1, -0.05) is 59.7 Å². The van der Waals surface area contributed by atoms with Crippen molar-refractivity contribution in [2.45, 2.75) is 47.2 Å². The molecule has 0 amide bonds. The molecule has 4 rings (SSSR count). The number of anilines is 1. The van der Waals surface area contributed by atoms with Gasteiger partial charge in [0, 0.05) is 24.8 Å². The zero-order valence-corrected chi connectivity index (χ0v) is 19.8. The average molecular weight is 442 g/mol. The van der Waals surface area contributed by atoms with E-state index in [9.17, 15) is 4.79 Å². The molecule has 33 heavy (non-hydrogen) atoms. The Morgan fingerprint density at radius 3 is 2.79 bits per heavy atom. The number of hydrogen-bond acceptors (Lipinski definition) is 4. The van der Waals surface area contributed by atoms with Gasteiger partial charge in [-0.05, 0) is 51.3 Å². The zero-order chi connectivity index (χ0) is 23.4. The first-order valence-corrected chi connectivity index (χ1v) is 11.4. The van der Waals surface area contributed by atoms with E-state index in [-0.39, 0.29) is 5.43 Å². The average Bonchev–Trinajstić information content (AvgIpc) is 2.98. The molecule has 170 valence electrons. The van der Waals surface area contributed by atoms with Gasteiger partial charge in [-0.3, -0.25) is 4.79 Å². The summed E-state index contributed by atoms with van der Waals surface area (Å²) in [5.41, 5.74) is 6.45. The van der Waals surface area contributed by atoms with Crippen molar-refractivity contribution in [2.24, 2.45) is 0 Å². The lowest BCUT2D eigenvalue weighted by molar-refractivity contribution is 0.330. The standard InChI is InChI=1S/C28H31N3O2/c1-5-33-28-27-24(15-21(4)30-28)31(18-22-10-6-8-19(2)12-13-22)26(16-25(27)32)29-17-23-11-7-9-20(3)14-23/h6-11,13-16,29H,5,12,17-18H2,1-4H3. The molecule has 0 saturated carbocycles. The van der Waals surface area contributed by atoms with Crippen molar-refractivity contribution < 1.29 is 4.74 Å². The minimum atomic E-state index is -0.0909. The molecule has 0 unspecified atom stereocenters. The maximum Gasteiger partial charge on any atom is 0.227 e. The maximum atomic E-state index is 13.2. The fourth-order valence-electron chi connectivity index (χ4n) is 4.11. The van der Waals surface area contributed by atoms with Gasteiger partial charge in [-0.2, -0.15) is 0 Å². The van der Waals surface area contributed by atoms with Crippen LogP contribution >= 0.6 is 0 Å². The predicted molar refractivity (Wildman–Crippen MR) is 136 cm³/mol. The number of aromatic nitrogens is 2. The van der Waals surface area contributed by atoms with Gasteiger partial charge in [0.25, 0.3) is 0 Å². The fourth-order valence-corrected chi connectivity index (χ4v) is 4.11. The van der Waals surface area contributed by atoms with E-state index in [1.807, 2.05) is 19.9 Å². The van der Waals surface area contributed by atoms with Gasteiger partial charge >= 0.3 is 0 Å². The van der Waals surface area contributed by atoms with Gasteiger partial charge in [0.1, 0.15) is 11.2 Å². The summed E-state index contributed by atoms with van der Waals surface area (Å²) < 4.78 is 7.93. The van der Waals surface area contributed by atoms with Crippen LogP contribution in [-0.2, 0) is 13.1 Å². The van der Waals surface area contributed by atoms with Crippen molar-refractivity contribution in [1.29, 1.82) is 0 Å². The van der Waals surface area contributed by atoms with E-state index in [1.165, 1.54) is 22.3 Å². The number of benzene rings is 1. The summed E-state index contributed by atoms with van der Waals surface area (Å²) in [4.78, 5) is 17.7. The van der Waals surface area contributed by atoms with E-state index in [0.29, 0.717) is 31.0 Å². The minimum Gasteiger partial charge on any atom is -0.477 e. The van der Waals surface area contributed by atoms with Gasteiger partial charge in [-0.15, -0.1) is 0 Å². The van der Waals surface area contributed by atoms with E-state index >= 15 is 0 Å². The van der Waals surface area contributed by atoms with Crippen LogP contribution in [0.2, 0.25) is 0 Å². The summed E-state index contributed by atoms with van der Waals surface area (Å²) in [6, 6.07) is 12.0. The topological polar surface area (TPSA) is 56.1 Å². The highest BCUT2D eigenvalue weighted by molar-refractivity contribution is 5.86. The third kappa shape index (κ3) is 5.25. The smallest absolute Gasteiger partial charge is 0.227 e. The summed E-state index contributed by atoms with van der Waals surface area (Å²) in [5.74, 6) is 1.18. The molecule has 0 radical (unpaired) electrons. The summed E-state index contributed by atoms with van der Waals surface area (Å²) in [7, 11) is 0. The van der Waals surface area contributed by atoms with Crippen LogP contribution in [0.25, 0.3) is 10.9 Å². The molecule has 0 fully saturated rings. The second kappa shape index (κ2) is 9.90. The fraction of sp³-hybridized carbons (Fsp3) is 0.286. The van der Waals surface area contributed by atoms with Crippen LogP contribution in [-0.4, -0.2) is 16.2 Å². The second-order valence-electron chi connectivity index (χ2n) is 8.57. The molecule has 1 aliphatic rings. The van der Waals surface area contributed by atoms with Crippen molar-refractivity contribution in [3.63, 3.8) is 0 Å². The molecule has 5 nitrogen and oxygen atoms in total. The van der Waals surface area contributed by atoms with Crippen LogP contribution in [0.15, 0.2) is 76.6 Å². The molecule has 2 heterocycles. The Kier molecular flexibility index (Phi) is 6.78. The Bertz CT molecular complexity index is 1330. The highest BCUT2D eigenvalue weighted by Gasteiger charge is 2.16. The number of aryl methyl sites for hydroxylation is 2. The molecule has 1 aliphatic carbocycles. The monoisotopic (exact) mass is 441 g/mol. The molecular weight excluding hydrogens is 410 g/mol. The van der Waals surface area contributed by atoms with Crippen molar-refractivity contribution in [1.82, 2.24) is 9.55 Å². The number of ether oxygens (including phenoxy) is 1. The molecule has 0 saturated heterocycles. The first-order valence-electron chi connectivity index (χ1n) is 11.4. The van der Waals surface area contributed by atoms with Crippen LogP contribution in [0.1, 0.15) is 37.1 Å². The van der Waals surface area contributed by atoms with Crippen LogP contribution < -0.4 is 15.5 Å². The molecule has 0 aliphatic heterocycles. The Labute approximate surface area is 195 Å². The zero-order valence-electron chi connectivity index (χ0n) is 19.8. The quantitative estimate of drug-likeness (QED) is 0.499. The molecule has 3 aromatic rings. The van der Waals surface area contributed by atoms with E-state index in [2.05, 4.69) is 77.3 Å². The summed E-state index contributed by atoms with van der Waals surface area (Å²) in [6.45, 7) is 9.78. The van der Waals surface area contributed by atoms with E-state index in [4.69, 9.17) is 4.74 Å². The number of pyridine rings is 2. The largest absolute Gasteiger partial charge is 0.477 e. The summed E-state index contributed by atoms with van der Waals surface area (Å²) >= 11 is 0.